The Morgan fingerprint density at radius 2 is 1.62 bits per heavy atom. The quantitative estimate of drug-likeness (QED) is 0.829. The minimum absolute atomic E-state index is 0.565. The van der Waals surface area contributed by atoms with Crippen molar-refractivity contribution in [3.63, 3.8) is 0 Å². The van der Waals surface area contributed by atoms with Gasteiger partial charge in [0.1, 0.15) is 5.82 Å². The first-order chi connectivity index (χ1) is 10.1. The van der Waals surface area contributed by atoms with E-state index in [0.717, 1.165) is 0 Å². The zero-order valence-electron chi connectivity index (χ0n) is 13.8. The van der Waals surface area contributed by atoms with Gasteiger partial charge in [-0.3, -0.25) is 0 Å². The summed E-state index contributed by atoms with van der Waals surface area (Å²) in [6.45, 7) is 9.36. The molecular weight excluding hydrogens is 258 g/mol. The molecule has 0 aliphatic carbocycles. The molecule has 3 nitrogen and oxygen atoms in total. The lowest BCUT2D eigenvalue weighted by molar-refractivity contribution is 0.0943. The van der Waals surface area contributed by atoms with Crippen LogP contribution in [0.3, 0.4) is 0 Å². The molecule has 3 rings (SSSR count). The lowest BCUT2D eigenvalue weighted by Gasteiger charge is -2.46. The second-order valence-electron chi connectivity index (χ2n) is 7.39. The number of likely N-dealkylation sites (tertiary alicyclic amines) is 1. The number of pyridine rings is 1. The van der Waals surface area contributed by atoms with Gasteiger partial charge in [-0.25, -0.2) is 4.98 Å². The van der Waals surface area contributed by atoms with E-state index < -0.39 is 0 Å². The van der Waals surface area contributed by atoms with E-state index in [-0.39, 0.29) is 0 Å². The number of nitrogens with zero attached hydrogens (tertiary/aromatic N) is 3. The van der Waals surface area contributed by atoms with E-state index in [4.69, 9.17) is 0 Å². The van der Waals surface area contributed by atoms with Crippen molar-refractivity contribution < 1.29 is 0 Å². The Balaban J connectivity index is 1.60. The first-order valence-electron chi connectivity index (χ1n) is 8.47. The molecule has 2 aliphatic heterocycles. The fourth-order valence-corrected chi connectivity index (χ4v) is 3.73. The number of rotatable bonds is 2. The third-order valence-electron chi connectivity index (χ3n) is 5.63. The van der Waals surface area contributed by atoms with Crippen molar-refractivity contribution in [2.45, 2.75) is 45.4 Å². The van der Waals surface area contributed by atoms with Crippen molar-refractivity contribution in [3.05, 3.63) is 23.9 Å². The van der Waals surface area contributed by atoms with E-state index >= 15 is 0 Å². The molecule has 116 valence electrons. The van der Waals surface area contributed by atoms with Crippen molar-refractivity contribution in [2.75, 3.05) is 38.1 Å². The Bertz CT molecular complexity index is 448. The van der Waals surface area contributed by atoms with Crippen molar-refractivity contribution in [1.82, 2.24) is 9.88 Å². The van der Waals surface area contributed by atoms with E-state index in [9.17, 15) is 0 Å². The lowest BCUT2D eigenvalue weighted by atomic mass is 9.71. The number of piperidine rings is 2. The highest BCUT2D eigenvalue weighted by molar-refractivity contribution is 5.40. The molecule has 2 fully saturated rings. The van der Waals surface area contributed by atoms with Crippen LogP contribution in [0.4, 0.5) is 5.82 Å². The van der Waals surface area contributed by atoms with E-state index in [1.807, 2.05) is 0 Å². The van der Waals surface area contributed by atoms with Crippen molar-refractivity contribution in [2.24, 2.45) is 5.41 Å². The molecule has 0 atom stereocenters. The molecule has 1 aromatic heterocycles. The summed E-state index contributed by atoms with van der Waals surface area (Å²) in [5, 5.41) is 0. The molecule has 2 aliphatic rings. The number of hydrogen-bond donors (Lipinski definition) is 0. The smallest absolute Gasteiger partial charge is 0.128 e. The Kier molecular flexibility index (Phi) is 4.21. The average molecular weight is 287 g/mol. The largest absolute Gasteiger partial charge is 0.357 e. The Labute approximate surface area is 129 Å². The highest BCUT2D eigenvalue weighted by atomic mass is 15.2. The van der Waals surface area contributed by atoms with Gasteiger partial charge in [0.05, 0.1) is 0 Å². The van der Waals surface area contributed by atoms with Gasteiger partial charge < -0.3 is 9.80 Å². The third-order valence-corrected chi connectivity index (χ3v) is 5.63. The molecule has 0 radical (unpaired) electrons. The first kappa shape index (κ1) is 14.8. The maximum Gasteiger partial charge on any atom is 0.128 e. The van der Waals surface area contributed by atoms with Gasteiger partial charge in [0, 0.05) is 19.3 Å². The van der Waals surface area contributed by atoms with Crippen molar-refractivity contribution >= 4 is 5.82 Å². The molecule has 3 heteroatoms. The minimum atomic E-state index is 0.565. The van der Waals surface area contributed by atoms with Crippen LogP contribution in [-0.2, 0) is 0 Å². The second kappa shape index (κ2) is 5.96. The van der Waals surface area contributed by atoms with Crippen LogP contribution in [-0.4, -0.2) is 43.1 Å². The van der Waals surface area contributed by atoms with Crippen molar-refractivity contribution in [3.8, 4) is 0 Å². The monoisotopic (exact) mass is 287 g/mol. The molecular formula is C18H29N3. The molecule has 0 amide bonds. The Morgan fingerprint density at radius 3 is 2.14 bits per heavy atom. The van der Waals surface area contributed by atoms with Crippen LogP contribution in [0.25, 0.3) is 0 Å². The molecule has 21 heavy (non-hydrogen) atoms. The van der Waals surface area contributed by atoms with Crippen LogP contribution in [0.2, 0.25) is 0 Å². The normalized spacial score (nSPS) is 23.0. The predicted octanol–water partition coefficient (Wildman–Crippen LogP) is 3.52. The molecule has 0 N–H and O–H groups in total. The second-order valence-corrected chi connectivity index (χ2v) is 7.39. The van der Waals surface area contributed by atoms with Crippen LogP contribution in [0, 0.1) is 5.41 Å². The van der Waals surface area contributed by atoms with Gasteiger partial charge in [0.2, 0.25) is 0 Å². The molecule has 0 bridgehead atoms. The summed E-state index contributed by atoms with van der Waals surface area (Å²) in [4.78, 5) is 9.64. The van der Waals surface area contributed by atoms with Gasteiger partial charge >= 0.3 is 0 Å². The average Bonchev–Trinajstić information content (AvgIpc) is 2.51. The van der Waals surface area contributed by atoms with Gasteiger partial charge in [0.25, 0.3) is 0 Å². The zero-order chi connectivity index (χ0) is 14.9. The SMILES string of the molecule is CC(C)c1ccc(N2CCC3(CCN(C)CC3)CC2)nc1. The number of aromatic nitrogens is 1. The molecule has 0 saturated carbocycles. The van der Waals surface area contributed by atoms with E-state index in [2.05, 4.69) is 54.0 Å². The maximum absolute atomic E-state index is 4.69. The van der Waals surface area contributed by atoms with Gasteiger partial charge in [0.15, 0.2) is 0 Å². The van der Waals surface area contributed by atoms with Crippen LogP contribution < -0.4 is 4.90 Å². The zero-order valence-corrected chi connectivity index (χ0v) is 13.8. The number of anilines is 1. The molecule has 0 unspecified atom stereocenters. The lowest BCUT2D eigenvalue weighted by Crippen LogP contribution is -2.46. The summed E-state index contributed by atoms with van der Waals surface area (Å²) in [5.74, 6) is 1.73. The third kappa shape index (κ3) is 3.23. The van der Waals surface area contributed by atoms with Gasteiger partial charge in [-0.2, -0.15) is 0 Å². The van der Waals surface area contributed by atoms with Gasteiger partial charge in [-0.1, -0.05) is 19.9 Å². The highest BCUT2D eigenvalue weighted by Crippen LogP contribution is 2.41. The first-order valence-corrected chi connectivity index (χ1v) is 8.47. The van der Waals surface area contributed by atoms with Crippen molar-refractivity contribution in [1.29, 1.82) is 0 Å². The molecule has 1 aromatic rings. The molecule has 0 aromatic carbocycles. The maximum atomic E-state index is 4.69. The Hall–Kier alpha value is -1.09. The summed E-state index contributed by atoms with van der Waals surface area (Å²) in [6, 6.07) is 4.45. The topological polar surface area (TPSA) is 19.4 Å². The Morgan fingerprint density at radius 1 is 1.00 bits per heavy atom. The van der Waals surface area contributed by atoms with Crippen LogP contribution >= 0.6 is 0 Å². The summed E-state index contributed by atoms with van der Waals surface area (Å²) in [5.41, 5.74) is 1.96. The van der Waals surface area contributed by atoms with E-state index in [0.29, 0.717) is 11.3 Å². The van der Waals surface area contributed by atoms with Gasteiger partial charge in [-0.05, 0) is 68.8 Å². The summed E-state index contributed by atoms with van der Waals surface area (Å²) in [7, 11) is 2.25. The molecule has 3 heterocycles. The summed E-state index contributed by atoms with van der Waals surface area (Å²) in [6.07, 6.45) is 7.51. The van der Waals surface area contributed by atoms with Crippen LogP contribution in [0.15, 0.2) is 18.3 Å². The van der Waals surface area contributed by atoms with Gasteiger partial charge in [-0.15, -0.1) is 0 Å². The van der Waals surface area contributed by atoms with E-state index in [1.54, 1.807) is 0 Å². The highest BCUT2D eigenvalue weighted by Gasteiger charge is 2.36. The van der Waals surface area contributed by atoms with Crippen LogP contribution in [0.1, 0.15) is 51.0 Å². The molecule has 1 spiro atoms. The fourth-order valence-electron chi connectivity index (χ4n) is 3.73. The summed E-state index contributed by atoms with van der Waals surface area (Å²) >= 11 is 0. The minimum Gasteiger partial charge on any atom is -0.357 e. The summed E-state index contributed by atoms with van der Waals surface area (Å²) < 4.78 is 0. The molecule has 2 saturated heterocycles. The van der Waals surface area contributed by atoms with E-state index in [1.165, 1.54) is 63.2 Å². The fraction of sp³-hybridized carbons (Fsp3) is 0.722. The van der Waals surface area contributed by atoms with Crippen LogP contribution in [0.5, 0.6) is 0 Å². The standard InChI is InChI=1S/C18H29N3/c1-15(2)16-4-5-17(19-14-16)21-12-8-18(9-13-21)6-10-20(3)11-7-18/h4-5,14-15H,6-13H2,1-3H3. The predicted molar refractivity (Wildman–Crippen MR) is 88.9 cm³/mol. The number of hydrogen-bond acceptors (Lipinski definition) is 3.